The van der Waals surface area contributed by atoms with Gasteiger partial charge in [-0.2, -0.15) is 0 Å². The number of anilines is 1. The molecule has 0 saturated carbocycles. The van der Waals surface area contributed by atoms with E-state index in [1.54, 1.807) is 11.3 Å². The highest BCUT2D eigenvalue weighted by atomic mass is 79.9. The molecule has 5 heteroatoms. The highest BCUT2D eigenvalue weighted by Crippen LogP contribution is 2.30. The summed E-state index contributed by atoms with van der Waals surface area (Å²) in [6.07, 6.45) is 4.63. The van der Waals surface area contributed by atoms with Crippen LogP contribution in [0, 0.1) is 0 Å². The maximum Gasteiger partial charge on any atom is 0.242 e. The van der Waals surface area contributed by atoms with Crippen molar-refractivity contribution < 1.29 is 4.79 Å². The van der Waals surface area contributed by atoms with Gasteiger partial charge in [-0.05, 0) is 39.5 Å². The van der Waals surface area contributed by atoms with Gasteiger partial charge >= 0.3 is 0 Å². The molecule has 88 valence electrons. The van der Waals surface area contributed by atoms with E-state index < -0.39 is 4.32 Å². The number of aryl methyl sites for hydroxylation is 2. The molecule has 0 bridgehead atoms. The van der Waals surface area contributed by atoms with E-state index >= 15 is 0 Å². The molecule has 0 radical (unpaired) electrons. The zero-order valence-electron chi connectivity index (χ0n) is 9.47. The third-order valence-corrected chi connectivity index (χ3v) is 4.04. The van der Waals surface area contributed by atoms with E-state index in [4.69, 9.17) is 0 Å². The van der Waals surface area contributed by atoms with Gasteiger partial charge in [-0.25, -0.2) is 4.98 Å². The zero-order chi connectivity index (χ0) is 11.8. The largest absolute Gasteiger partial charge is 0.301 e. The molecule has 0 fully saturated rings. The van der Waals surface area contributed by atoms with Crippen molar-refractivity contribution in [3.63, 3.8) is 0 Å². The van der Waals surface area contributed by atoms with Crippen LogP contribution in [-0.4, -0.2) is 15.2 Å². The van der Waals surface area contributed by atoms with Crippen LogP contribution in [0.15, 0.2) is 0 Å². The Balaban J connectivity index is 2.11. The molecule has 2 rings (SSSR count). The number of hydrogen-bond acceptors (Lipinski definition) is 3. The van der Waals surface area contributed by atoms with Crippen LogP contribution in [0.2, 0.25) is 0 Å². The van der Waals surface area contributed by atoms with Crippen molar-refractivity contribution in [2.45, 2.75) is 43.9 Å². The third kappa shape index (κ3) is 2.63. The highest BCUT2D eigenvalue weighted by molar-refractivity contribution is 9.10. The molecule has 1 heterocycles. The van der Waals surface area contributed by atoms with Crippen molar-refractivity contribution in [1.29, 1.82) is 0 Å². The van der Waals surface area contributed by atoms with Gasteiger partial charge in [0.2, 0.25) is 5.91 Å². The van der Waals surface area contributed by atoms with Gasteiger partial charge in [0.1, 0.15) is 0 Å². The number of nitrogens with one attached hydrogen (secondary N) is 1. The minimum absolute atomic E-state index is 0.0430. The summed E-state index contributed by atoms with van der Waals surface area (Å²) in [7, 11) is 0. The van der Waals surface area contributed by atoms with Crippen LogP contribution >= 0.6 is 27.3 Å². The molecule has 0 saturated heterocycles. The van der Waals surface area contributed by atoms with Crippen molar-refractivity contribution in [3.05, 3.63) is 10.6 Å². The van der Waals surface area contributed by atoms with Crippen molar-refractivity contribution in [3.8, 4) is 0 Å². The van der Waals surface area contributed by atoms with E-state index in [0.717, 1.165) is 18.0 Å². The number of rotatable bonds is 2. The molecule has 3 nitrogen and oxygen atoms in total. The standard InChI is InChI=1S/C11H15BrN2OS/c1-11(2,12)9(15)14-10-13-7-5-3-4-6-8(7)16-10/h3-6H2,1-2H3,(H,13,14,15). The Hall–Kier alpha value is -0.420. The molecule has 1 amide bonds. The molecule has 1 aromatic heterocycles. The third-order valence-electron chi connectivity index (χ3n) is 2.61. The number of aromatic nitrogens is 1. The molecule has 16 heavy (non-hydrogen) atoms. The number of hydrogen-bond donors (Lipinski definition) is 1. The second-order valence-corrected chi connectivity index (χ2v) is 7.59. The number of amides is 1. The maximum absolute atomic E-state index is 11.8. The Morgan fingerprint density at radius 1 is 1.44 bits per heavy atom. The monoisotopic (exact) mass is 302 g/mol. The maximum atomic E-state index is 11.8. The van der Waals surface area contributed by atoms with Crippen LogP contribution in [0.4, 0.5) is 5.13 Å². The summed E-state index contributed by atoms with van der Waals surface area (Å²) in [5.74, 6) is -0.0430. The smallest absolute Gasteiger partial charge is 0.242 e. The van der Waals surface area contributed by atoms with Crippen molar-refractivity contribution in [2.24, 2.45) is 0 Å². The van der Waals surface area contributed by atoms with Gasteiger partial charge in [0.25, 0.3) is 0 Å². The molecule has 0 aliphatic heterocycles. The SMILES string of the molecule is CC(C)(Br)C(=O)Nc1nc2c(s1)CCCC2. The van der Waals surface area contributed by atoms with E-state index in [1.807, 2.05) is 13.8 Å². The normalized spacial score (nSPS) is 15.7. The first-order chi connectivity index (χ1) is 7.47. The van der Waals surface area contributed by atoms with Crippen LogP contribution in [0.5, 0.6) is 0 Å². The summed E-state index contributed by atoms with van der Waals surface area (Å²) in [5.41, 5.74) is 1.18. The summed E-state index contributed by atoms with van der Waals surface area (Å²) in [6, 6.07) is 0. The average molecular weight is 303 g/mol. The Bertz CT molecular complexity index is 385. The second-order valence-electron chi connectivity index (χ2n) is 4.52. The van der Waals surface area contributed by atoms with E-state index in [9.17, 15) is 4.79 Å². The molecule has 1 aliphatic rings. The second kappa shape index (κ2) is 4.45. The Morgan fingerprint density at radius 3 is 2.75 bits per heavy atom. The zero-order valence-corrected chi connectivity index (χ0v) is 11.9. The van der Waals surface area contributed by atoms with Gasteiger partial charge in [-0.15, -0.1) is 11.3 Å². The molecule has 0 unspecified atom stereocenters. The molecule has 1 N–H and O–H groups in total. The lowest BCUT2D eigenvalue weighted by atomic mass is 10.0. The Morgan fingerprint density at radius 2 is 2.12 bits per heavy atom. The summed E-state index contributed by atoms with van der Waals surface area (Å²) in [4.78, 5) is 17.6. The number of nitrogens with zero attached hydrogens (tertiary/aromatic N) is 1. The van der Waals surface area contributed by atoms with Gasteiger partial charge in [0.15, 0.2) is 5.13 Å². The van der Waals surface area contributed by atoms with Gasteiger partial charge < -0.3 is 5.32 Å². The number of carbonyl (C=O) groups is 1. The molecular formula is C11H15BrN2OS. The van der Waals surface area contributed by atoms with Crippen LogP contribution < -0.4 is 5.32 Å². The first-order valence-corrected chi connectivity index (χ1v) is 7.07. The number of alkyl halides is 1. The van der Waals surface area contributed by atoms with Crippen LogP contribution in [-0.2, 0) is 17.6 Å². The predicted octanol–water partition coefficient (Wildman–Crippen LogP) is 3.13. The van der Waals surface area contributed by atoms with Crippen molar-refractivity contribution in [2.75, 3.05) is 5.32 Å². The Labute approximate surface area is 108 Å². The highest BCUT2D eigenvalue weighted by Gasteiger charge is 2.25. The lowest BCUT2D eigenvalue weighted by Gasteiger charge is -2.13. The first kappa shape index (κ1) is 12.0. The summed E-state index contributed by atoms with van der Waals surface area (Å²) in [5, 5.41) is 3.60. The Kier molecular flexibility index (Phi) is 3.35. The summed E-state index contributed by atoms with van der Waals surface area (Å²) < 4.78 is -0.542. The predicted molar refractivity (Wildman–Crippen MR) is 70.4 cm³/mol. The lowest BCUT2D eigenvalue weighted by Crippen LogP contribution is -2.30. The van der Waals surface area contributed by atoms with E-state index in [-0.39, 0.29) is 5.91 Å². The summed E-state index contributed by atoms with van der Waals surface area (Å²) in [6.45, 7) is 3.66. The van der Waals surface area contributed by atoms with Gasteiger partial charge in [-0.3, -0.25) is 4.79 Å². The van der Waals surface area contributed by atoms with Gasteiger partial charge in [-0.1, -0.05) is 15.9 Å². The minimum Gasteiger partial charge on any atom is -0.301 e. The number of carbonyl (C=O) groups excluding carboxylic acids is 1. The van der Waals surface area contributed by atoms with E-state index in [1.165, 1.54) is 23.4 Å². The quantitative estimate of drug-likeness (QED) is 0.853. The fourth-order valence-corrected chi connectivity index (χ4v) is 2.80. The van der Waals surface area contributed by atoms with Crippen LogP contribution in [0.25, 0.3) is 0 Å². The molecule has 1 aromatic rings. The molecule has 0 atom stereocenters. The lowest BCUT2D eigenvalue weighted by molar-refractivity contribution is -0.117. The molecule has 1 aliphatic carbocycles. The topological polar surface area (TPSA) is 42.0 Å². The van der Waals surface area contributed by atoms with Crippen molar-refractivity contribution >= 4 is 38.3 Å². The minimum atomic E-state index is -0.542. The first-order valence-electron chi connectivity index (χ1n) is 5.46. The van der Waals surface area contributed by atoms with E-state index in [2.05, 4.69) is 26.2 Å². The van der Waals surface area contributed by atoms with Gasteiger partial charge in [0, 0.05) is 4.88 Å². The average Bonchev–Trinajstić information content (AvgIpc) is 2.58. The van der Waals surface area contributed by atoms with Gasteiger partial charge in [0.05, 0.1) is 10.0 Å². The number of halogens is 1. The number of fused-ring (bicyclic) bond motifs is 1. The fourth-order valence-electron chi connectivity index (χ4n) is 1.65. The summed E-state index contributed by atoms with van der Waals surface area (Å²) >= 11 is 4.95. The van der Waals surface area contributed by atoms with Crippen molar-refractivity contribution in [1.82, 2.24) is 4.98 Å². The van der Waals surface area contributed by atoms with Crippen LogP contribution in [0.1, 0.15) is 37.3 Å². The van der Waals surface area contributed by atoms with Crippen LogP contribution in [0.3, 0.4) is 0 Å². The number of thiazole rings is 1. The molecular weight excluding hydrogens is 288 g/mol. The molecule has 0 aromatic carbocycles. The fraction of sp³-hybridized carbons (Fsp3) is 0.636. The molecule has 0 spiro atoms. The van der Waals surface area contributed by atoms with E-state index in [0.29, 0.717) is 0 Å².